The second kappa shape index (κ2) is 5.52. The first-order valence-corrected chi connectivity index (χ1v) is 7.19. The van der Waals surface area contributed by atoms with Crippen molar-refractivity contribution in [3.63, 3.8) is 0 Å². The van der Waals surface area contributed by atoms with Crippen LogP contribution < -0.4 is 10.2 Å². The normalized spacial score (nSPS) is 10.8. The van der Waals surface area contributed by atoms with E-state index >= 15 is 0 Å². The fourth-order valence-corrected chi connectivity index (χ4v) is 2.51. The molecule has 0 unspecified atom stereocenters. The molecule has 0 radical (unpaired) electrons. The minimum atomic E-state index is 0.839. The molecule has 0 fully saturated rings. The number of rotatable bonds is 4. The monoisotopic (exact) mass is 279 g/mol. The van der Waals surface area contributed by atoms with Gasteiger partial charge in [0.25, 0.3) is 0 Å². The quantitative estimate of drug-likeness (QED) is 0.782. The SMILES string of the molecule is CN(C)c1ccc(CNc2ccc3c(ccn3C)c2)cc1. The number of aromatic nitrogens is 1. The Morgan fingerprint density at radius 1 is 1.00 bits per heavy atom. The molecule has 0 aliphatic rings. The van der Waals surface area contributed by atoms with Crippen molar-refractivity contribution in [3.8, 4) is 0 Å². The van der Waals surface area contributed by atoms with Crippen LogP contribution in [-0.2, 0) is 13.6 Å². The number of hydrogen-bond acceptors (Lipinski definition) is 2. The molecule has 0 spiro atoms. The molecule has 2 aromatic carbocycles. The first kappa shape index (κ1) is 13.6. The van der Waals surface area contributed by atoms with Gasteiger partial charge >= 0.3 is 0 Å². The lowest BCUT2D eigenvalue weighted by atomic mass is 10.2. The molecule has 0 saturated heterocycles. The van der Waals surface area contributed by atoms with E-state index in [9.17, 15) is 0 Å². The molecular weight excluding hydrogens is 258 g/mol. The van der Waals surface area contributed by atoms with Crippen molar-refractivity contribution in [2.75, 3.05) is 24.3 Å². The summed E-state index contributed by atoms with van der Waals surface area (Å²) < 4.78 is 2.14. The number of anilines is 2. The smallest absolute Gasteiger partial charge is 0.0479 e. The van der Waals surface area contributed by atoms with Crippen LogP contribution in [0.2, 0.25) is 0 Å². The summed E-state index contributed by atoms with van der Waals surface area (Å²) in [6, 6.07) is 17.3. The Balaban J connectivity index is 1.70. The van der Waals surface area contributed by atoms with Crippen molar-refractivity contribution in [1.82, 2.24) is 4.57 Å². The summed E-state index contributed by atoms with van der Waals surface area (Å²) >= 11 is 0. The van der Waals surface area contributed by atoms with Crippen molar-refractivity contribution < 1.29 is 0 Å². The minimum Gasteiger partial charge on any atom is -0.381 e. The summed E-state index contributed by atoms with van der Waals surface area (Å²) in [6.07, 6.45) is 2.09. The summed E-state index contributed by atoms with van der Waals surface area (Å²) in [5, 5.41) is 4.76. The zero-order chi connectivity index (χ0) is 14.8. The summed E-state index contributed by atoms with van der Waals surface area (Å²) in [4.78, 5) is 2.11. The van der Waals surface area contributed by atoms with Gasteiger partial charge in [0.1, 0.15) is 0 Å². The highest BCUT2D eigenvalue weighted by molar-refractivity contribution is 5.83. The van der Waals surface area contributed by atoms with Crippen molar-refractivity contribution in [2.24, 2.45) is 7.05 Å². The Labute approximate surface area is 125 Å². The summed E-state index contributed by atoms with van der Waals surface area (Å²) in [6.45, 7) is 0.839. The number of hydrogen-bond donors (Lipinski definition) is 1. The van der Waals surface area contributed by atoms with E-state index in [0.29, 0.717) is 0 Å². The molecule has 3 heteroatoms. The predicted molar refractivity (Wildman–Crippen MR) is 91.0 cm³/mol. The van der Waals surface area contributed by atoms with Gasteiger partial charge in [0.05, 0.1) is 0 Å². The number of nitrogens with one attached hydrogen (secondary N) is 1. The average Bonchev–Trinajstić information content (AvgIpc) is 2.86. The number of aryl methyl sites for hydroxylation is 1. The average molecular weight is 279 g/mol. The van der Waals surface area contributed by atoms with Gasteiger partial charge in [0, 0.05) is 56.2 Å². The molecule has 0 amide bonds. The van der Waals surface area contributed by atoms with Crippen LogP contribution in [0, 0.1) is 0 Å². The maximum absolute atomic E-state index is 3.49. The molecule has 3 nitrogen and oxygen atoms in total. The van der Waals surface area contributed by atoms with E-state index in [-0.39, 0.29) is 0 Å². The van der Waals surface area contributed by atoms with Gasteiger partial charge in [-0.15, -0.1) is 0 Å². The van der Waals surface area contributed by atoms with E-state index in [2.05, 4.69) is 90.7 Å². The van der Waals surface area contributed by atoms with Crippen LogP contribution in [0.1, 0.15) is 5.56 Å². The molecule has 0 aliphatic heterocycles. The molecule has 108 valence electrons. The predicted octanol–water partition coefficient (Wildman–Crippen LogP) is 3.86. The maximum Gasteiger partial charge on any atom is 0.0479 e. The second-order valence-corrected chi connectivity index (χ2v) is 5.61. The molecule has 1 aromatic heterocycles. The second-order valence-electron chi connectivity index (χ2n) is 5.61. The molecule has 1 N–H and O–H groups in total. The van der Waals surface area contributed by atoms with Crippen LogP contribution in [0.25, 0.3) is 10.9 Å². The van der Waals surface area contributed by atoms with Crippen LogP contribution in [0.3, 0.4) is 0 Å². The van der Waals surface area contributed by atoms with Crippen LogP contribution in [0.15, 0.2) is 54.7 Å². The van der Waals surface area contributed by atoms with Gasteiger partial charge in [-0.2, -0.15) is 0 Å². The largest absolute Gasteiger partial charge is 0.381 e. The Bertz CT molecular complexity index is 739. The Kier molecular flexibility index (Phi) is 3.57. The van der Waals surface area contributed by atoms with Crippen LogP contribution in [-0.4, -0.2) is 18.7 Å². The number of fused-ring (bicyclic) bond motifs is 1. The van der Waals surface area contributed by atoms with Gasteiger partial charge in [-0.3, -0.25) is 0 Å². The van der Waals surface area contributed by atoms with Crippen molar-refractivity contribution in [3.05, 3.63) is 60.3 Å². The van der Waals surface area contributed by atoms with E-state index < -0.39 is 0 Å². The highest BCUT2D eigenvalue weighted by Gasteiger charge is 2.00. The Morgan fingerprint density at radius 2 is 1.76 bits per heavy atom. The third-order valence-electron chi connectivity index (χ3n) is 3.83. The van der Waals surface area contributed by atoms with Gasteiger partial charge in [-0.25, -0.2) is 0 Å². The van der Waals surface area contributed by atoms with Crippen molar-refractivity contribution in [1.29, 1.82) is 0 Å². The number of nitrogens with zero attached hydrogens (tertiary/aromatic N) is 2. The lowest BCUT2D eigenvalue weighted by Gasteiger charge is -2.13. The van der Waals surface area contributed by atoms with E-state index in [1.54, 1.807) is 0 Å². The zero-order valence-corrected chi connectivity index (χ0v) is 12.8. The Hall–Kier alpha value is -2.42. The van der Waals surface area contributed by atoms with Crippen LogP contribution in [0.4, 0.5) is 11.4 Å². The molecular formula is C18H21N3. The highest BCUT2D eigenvalue weighted by atomic mass is 15.1. The molecule has 0 atom stereocenters. The molecule has 21 heavy (non-hydrogen) atoms. The first-order valence-electron chi connectivity index (χ1n) is 7.19. The third-order valence-corrected chi connectivity index (χ3v) is 3.83. The lowest BCUT2D eigenvalue weighted by molar-refractivity contribution is 0.969. The maximum atomic E-state index is 3.49. The summed E-state index contributed by atoms with van der Waals surface area (Å²) in [5.41, 5.74) is 4.93. The third kappa shape index (κ3) is 2.87. The van der Waals surface area contributed by atoms with Crippen molar-refractivity contribution in [2.45, 2.75) is 6.54 Å². The summed E-state index contributed by atoms with van der Waals surface area (Å²) in [5.74, 6) is 0. The fourth-order valence-electron chi connectivity index (χ4n) is 2.51. The molecule has 0 bridgehead atoms. The van der Waals surface area contributed by atoms with E-state index in [1.807, 2.05) is 0 Å². The van der Waals surface area contributed by atoms with Crippen LogP contribution >= 0.6 is 0 Å². The van der Waals surface area contributed by atoms with E-state index in [0.717, 1.165) is 12.2 Å². The minimum absolute atomic E-state index is 0.839. The van der Waals surface area contributed by atoms with Gasteiger partial charge in [-0.05, 0) is 42.0 Å². The highest BCUT2D eigenvalue weighted by Crippen LogP contribution is 2.20. The van der Waals surface area contributed by atoms with Gasteiger partial charge in [0.2, 0.25) is 0 Å². The number of benzene rings is 2. The van der Waals surface area contributed by atoms with Crippen LogP contribution in [0.5, 0.6) is 0 Å². The summed E-state index contributed by atoms with van der Waals surface area (Å²) in [7, 11) is 6.19. The standard InChI is InChI=1S/C18H21N3/c1-20(2)17-7-4-14(5-8-17)13-19-16-6-9-18-15(12-16)10-11-21(18)3/h4-12,19H,13H2,1-3H3. The van der Waals surface area contributed by atoms with E-state index in [4.69, 9.17) is 0 Å². The first-order chi connectivity index (χ1) is 10.1. The topological polar surface area (TPSA) is 20.2 Å². The van der Waals surface area contributed by atoms with Gasteiger partial charge < -0.3 is 14.8 Å². The zero-order valence-electron chi connectivity index (χ0n) is 12.8. The Morgan fingerprint density at radius 3 is 2.48 bits per heavy atom. The lowest BCUT2D eigenvalue weighted by Crippen LogP contribution is -2.08. The molecule has 3 rings (SSSR count). The molecule has 0 saturated carbocycles. The molecule has 3 aromatic rings. The van der Waals surface area contributed by atoms with Gasteiger partial charge in [0.15, 0.2) is 0 Å². The molecule has 1 heterocycles. The van der Waals surface area contributed by atoms with Gasteiger partial charge in [-0.1, -0.05) is 12.1 Å². The fraction of sp³-hybridized carbons (Fsp3) is 0.222. The van der Waals surface area contributed by atoms with E-state index in [1.165, 1.54) is 22.2 Å². The van der Waals surface area contributed by atoms with Crippen molar-refractivity contribution >= 4 is 22.3 Å². The molecule has 0 aliphatic carbocycles.